The number of nitrogens with zero attached hydrogens (tertiary/aromatic N) is 3. The molecule has 1 unspecified atom stereocenters. The van der Waals surface area contributed by atoms with E-state index in [1.54, 1.807) is 31.3 Å². The molecule has 0 saturated carbocycles. The maximum atomic E-state index is 12.5. The Morgan fingerprint density at radius 1 is 1.17 bits per heavy atom. The lowest BCUT2D eigenvalue weighted by Gasteiger charge is -2.17. The molecule has 150 valence electrons. The summed E-state index contributed by atoms with van der Waals surface area (Å²) in [6.07, 6.45) is 0.338. The maximum Gasteiger partial charge on any atom is 0.232 e. The van der Waals surface area contributed by atoms with Crippen molar-refractivity contribution in [3.05, 3.63) is 58.9 Å². The molecule has 0 aliphatic carbocycles. The number of ether oxygens (including phenoxy) is 2. The van der Waals surface area contributed by atoms with E-state index >= 15 is 0 Å². The zero-order chi connectivity index (χ0) is 20.4. The van der Waals surface area contributed by atoms with Gasteiger partial charge in [0.05, 0.1) is 20.1 Å². The van der Waals surface area contributed by atoms with Crippen LogP contribution in [0.4, 0.5) is 0 Å². The van der Waals surface area contributed by atoms with E-state index in [0.29, 0.717) is 47.7 Å². The van der Waals surface area contributed by atoms with Gasteiger partial charge in [-0.05, 0) is 29.8 Å². The highest BCUT2D eigenvalue weighted by molar-refractivity contribution is 6.30. The van der Waals surface area contributed by atoms with E-state index in [4.69, 9.17) is 25.6 Å². The van der Waals surface area contributed by atoms with Gasteiger partial charge in [0.25, 0.3) is 0 Å². The molecule has 0 radical (unpaired) electrons. The van der Waals surface area contributed by atoms with Crippen LogP contribution in [0.25, 0.3) is 11.4 Å². The van der Waals surface area contributed by atoms with Crippen LogP contribution >= 0.6 is 11.6 Å². The molecule has 2 heterocycles. The normalized spacial score (nSPS) is 16.3. The lowest BCUT2D eigenvalue weighted by Crippen LogP contribution is -2.24. The summed E-state index contributed by atoms with van der Waals surface area (Å²) < 4.78 is 16.0. The van der Waals surface area contributed by atoms with Gasteiger partial charge in [-0.3, -0.25) is 4.79 Å². The fourth-order valence-corrected chi connectivity index (χ4v) is 3.63. The van der Waals surface area contributed by atoms with Crippen LogP contribution in [0.3, 0.4) is 0 Å². The van der Waals surface area contributed by atoms with Crippen LogP contribution in [-0.4, -0.2) is 41.7 Å². The maximum absolute atomic E-state index is 12.5. The molecular weight excluding hydrogens is 394 g/mol. The number of likely N-dealkylation sites (tertiary alicyclic amines) is 1. The van der Waals surface area contributed by atoms with Gasteiger partial charge in [0.2, 0.25) is 17.6 Å². The molecule has 3 aromatic rings. The monoisotopic (exact) mass is 413 g/mol. The summed E-state index contributed by atoms with van der Waals surface area (Å²) in [5.74, 6) is 2.13. The second-order valence-corrected chi connectivity index (χ2v) is 7.27. The molecule has 1 aliphatic rings. The molecule has 4 rings (SSSR count). The van der Waals surface area contributed by atoms with Gasteiger partial charge in [0.15, 0.2) is 11.5 Å². The van der Waals surface area contributed by atoms with Crippen molar-refractivity contribution in [3.8, 4) is 22.9 Å². The minimum atomic E-state index is -0.136. The third kappa shape index (κ3) is 4.05. The van der Waals surface area contributed by atoms with Crippen molar-refractivity contribution < 1.29 is 18.8 Å². The largest absolute Gasteiger partial charge is 0.493 e. The molecule has 1 fully saturated rings. The Balaban J connectivity index is 1.47. The van der Waals surface area contributed by atoms with Gasteiger partial charge in [-0.25, -0.2) is 0 Å². The standard InChI is InChI=1S/C21H20ClN3O4/c1-27-17-7-6-13(8-18(17)28-2)11-25-12-15(10-19(25)26)21-23-20(24-29-21)14-4-3-5-16(22)9-14/h3-9,15H,10-12H2,1-2H3. The van der Waals surface area contributed by atoms with Crippen LogP contribution in [0.1, 0.15) is 23.8 Å². The van der Waals surface area contributed by atoms with Crippen molar-refractivity contribution >= 4 is 17.5 Å². The molecule has 1 aliphatic heterocycles. The van der Waals surface area contributed by atoms with E-state index in [1.807, 2.05) is 30.3 Å². The molecule has 0 N–H and O–H groups in total. The van der Waals surface area contributed by atoms with Gasteiger partial charge in [-0.2, -0.15) is 4.98 Å². The number of amides is 1. The number of methoxy groups -OCH3 is 2. The molecule has 1 aromatic heterocycles. The first-order valence-corrected chi connectivity index (χ1v) is 9.53. The van der Waals surface area contributed by atoms with Crippen molar-refractivity contribution in [2.24, 2.45) is 0 Å². The molecule has 0 spiro atoms. The molecule has 29 heavy (non-hydrogen) atoms. The summed E-state index contributed by atoms with van der Waals surface area (Å²) >= 11 is 6.03. The fourth-order valence-electron chi connectivity index (χ4n) is 3.44. The number of aromatic nitrogens is 2. The first-order chi connectivity index (χ1) is 14.1. The van der Waals surface area contributed by atoms with Crippen LogP contribution in [0, 0.1) is 0 Å². The highest BCUT2D eigenvalue weighted by Gasteiger charge is 2.34. The van der Waals surface area contributed by atoms with Gasteiger partial charge in [0, 0.05) is 30.1 Å². The Morgan fingerprint density at radius 2 is 2.00 bits per heavy atom. The SMILES string of the molecule is COc1ccc(CN2CC(c3nc(-c4cccc(Cl)c4)no3)CC2=O)cc1OC. The first kappa shape index (κ1) is 19.3. The predicted octanol–water partition coefficient (Wildman–Crippen LogP) is 3.92. The Labute approximate surface area is 173 Å². The highest BCUT2D eigenvalue weighted by Crippen LogP contribution is 2.32. The molecule has 1 saturated heterocycles. The van der Waals surface area contributed by atoms with E-state index in [-0.39, 0.29) is 11.8 Å². The van der Waals surface area contributed by atoms with Crippen molar-refractivity contribution in [1.29, 1.82) is 0 Å². The highest BCUT2D eigenvalue weighted by atomic mass is 35.5. The van der Waals surface area contributed by atoms with Crippen molar-refractivity contribution in [1.82, 2.24) is 15.0 Å². The van der Waals surface area contributed by atoms with Gasteiger partial charge in [-0.15, -0.1) is 0 Å². The number of rotatable bonds is 6. The minimum Gasteiger partial charge on any atom is -0.493 e. The number of hydrogen-bond donors (Lipinski definition) is 0. The van der Waals surface area contributed by atoms with E-state index in [0.717, 1.165) is 11.1 Å². The summed E-state index contributed by atoms with van der Waals surface area (Å²) in [5, 5.41) is 4.65. The molecular formula is C21H20ClN3O4. The predicted molar refractivity (Wildman–Crippen MR) is 107 cm³/mol. The summed E-state index contributed by atoms with van der Waals surface area (Å²) in [4.78, 5) is 18.8. The van der Waals surface area contributed by atoms with Gasteiger partial charge in [-0.1, -0.05) is 35.0 Å². The van der Waals surface area contributed by atoms with E-state index in [2.05, 4.69) is 10.1 Å². The summed E-state index contributed by atoms with van der Waals surface area (Å²) in [6, 6.07) is 12.9. The third-order valence-electron chi connectivity index (χ3n) is 4.91. The van der Waals surface area contributed by atoms with Crippen LogP contribution in [0.5, 0.6) is 11.5 Å². The summed E-state index contributed by atoms with van der Waals surface area (Å²) in [7, 11) is 3.18. The van der Waals surface area contributed by atoms with Crippen LogP contribution in [0.15, 0.2) is 47.0 Å². The molecule has 1 atom stereocenters. The minimum absolute atomic E-state index is 0.0484. The fraction of sp³-hybridized carbons (Fsp3) is 0.286. The van der Waals surface area contributed by atoms with Gasteiger partial charge in [0.1, 0.15) is 0 Å². The number of benzene rings is 2. The molecule has 2 aromatic carbocycles. The zero-order valence-corrected chi connectivity index (χ0v) is 16.8. The number of carbonyl (C=O) groups excluding carboxylic acids is 1. The number of halogens is 1. The molecule has 7 nitrogen and oxygen atoms in total. The molecule has 8 heteroatoms. The summed E-state index contributed by atoms with van der Waals surface area (Å²) in [5.41, 5.74) is 1.74. The number of hydrogen-bond acceptors (Lipinski definition) is 6. The van der Waals surface area contributed by atoms with Gasteiger partial charge >= 0.3 is 0 Å². The zero-order valence-electron chi connectivity index (χ0n) is 16.1. The second kappa shape index (κ2) is 8.13. The average molecular weight is 414 g/mol. The van der Waals surface area contributed by atoms with Gasteiger partial charge < -0.3 is 18.9 Å². The first-order valence-electron chi connectivity index (χ1n) is 9.15. The Bertz CT molecular complexity index is 1040. The van der Waals surface area contributed by atoms with Crippen LogP contribution in [-0.2, 0) is 11.3 Å². The van der Waals surface area contributed by atoms with Crippen molar-refractivity contribution in [2.75, 3.05) is 20.8 Å². The third-order valence-corrected chi connectivity index (χ3v) is 5.14. The Morgan fingerprint density at radius 3 is 2.76 bits per heavy atom. The van der Waals surface area contributed by atoms with Crippen molar-refractivity contribution in [2.45, 2.75) is 18.9 Å². The molecule has 1 amide bonds. The number of carbonyl (C=O) groups is 1. The topological polar surface area (TPSA) is 77.7 Å². The second-order valence-electron chi connectivity index (χ2n) is 6.83. The van der Waals surface area contributed by atoms with E-state index in [9.17, 15) is 4.79 Å². The quantitative estimate of drug-likeness (QED) is 0.609. The van der Waals surface area contributed by atoms with E-state index in [1.165, 1.54) is 0 Å². The van der Waals surface area contributed by atoms with Crippen LogP contribution < -0.4 is 9.47 Å². The Hall–Kier alpha value is -3.06. The smallest absolute Gasteiger partial charge is 0.232 e. The average Bonchev–Trinajstić information content (AvgIpc) is 3.35. The lowest BCUT2D eigenvalue weighted by atomic mass is 10.1. The van der Waals surface area contributed by atoms with Crippen molar-refractivity contribution in [3.63, 3.8) is 0 Å². The Kier molecular flexibility index (Phi) is 5.40. The summed E-state index contributed by atoms with van der Waals surface area (Å²) in [6.45, 7) is 0.995. The molecule has 0 bridgehead atoms. The van der Waals surface area contributed by atoms with Crippen LogP contribution in [0.2, 0.25) is 5.02 Å². The lowest BCUT2D eigenvalue weighted by molar-refractivity contribution is -0.128. The van der Waals surface area contributed by atoms with E-state index < -0.39 is 0 Å².